The number of hydrogen-bond acceptors (Lipinski definition) is 2. The van der Waals surface area contributed by atoms with Gasteiger partial charge in [-0.1, -0.05) is 38.8 Å². The Balaban J connectivity index is 2.62. The lowest BCUT2D eigenvalue weighted by Gasteiger charge is -2.15. The number of carboxylic acid groups (broad SMARTS) is 1. The standard InChI is InChI=1S/C17H25NO3/c1-3-5-8-14(4-2)17(21)18-15-9-6-7-13(12-15)10-11-16(19)20/h6-7,9,12,14H,3-5,8,10-11H2,1-2H3,(H,18,21)(H,19,20). The molecule has 0 aromatic heterocycles. The third kappa shape index (κ3) is 6.43. The summed E-state index contributed by atoms with van der Waals surface area (Å²) in [6.45, 7) is 4.15. The zero-order valence-electron chi connectivity index (χ0n) is 12.9. The summed E-state index contributed by atoms with van der Waals surface area (Å²) >= 11 is 0. The van der Waals surface area contributed by atoms with E-state index in [-0.39, 0.29) is 18.2 Å². The van der Waals surface area contributed by atoms with Gasteiger partial charge in [0.25, 0.3) is 0 Å². The monoisotopic (exact) mass is 291 g/mol. The summed E-state index contributed by atoms with van der Waals surface area (Å²) in [5.74, 6) is -0.705. The van der Waals surface area contributed by atoms with Crippen molar-refractivity contribution < 1.29 is 14.7 Å². The molecule has 4 nitrogen and oxygen atoms in total. The highest BCUT2D eigenvalue weighted by Gasteiger charge is 2.15. The highest BCUT2D eigenvalue weighted by Crippen LogP contribution is 2.17. The van der Waals surface area contributed by atoms with Crippen LogP contribution in [0.25, 0.3) is 0 Å². The van der Waals surface area contributed by atoms with Crippen LogP contribution in [0.5, 0.6) is 0 Å². The summed E-state index contributed by atoms with van der Waals surface area (Å²) in [5, 5.41) is 11.7. The minimum Gasteiger partial charge on any atom is -0.481 e. The van der Waals surface area contributed by atoms with Crippen LogP contribution >= 0.6 is 0 Å². The third-order valence-electron chi connectivity index (χ3n) is 3.59. The van der Waals surface area contributed by atoms with Gasteiger partial charge in [0.15, 0.2) is 0 Å². The molecule has 0 saturated carbocycles. The van der Waals surface area contributed by atoms with Gasteiger partial charge < -0.3 is 10.4 Å². The fourth-order valence-corrected chi connectivity index (χ4v) is 2.27. The molecule has 0 aliphatic heterocycles. The molecule has 1 unspecified atom stereocenters. The van der Waals surface area contributed by atoms with Crippen LogP contribution in [0, 0.1) is 5.92 Å². The van der Waals surface area contributed by atoms with Crippen LogP contribution in [-0.4, -0.2) is 17.0 Å². The first-order valence-electron chi connectivity index (χ1n) is 7.68. The first-order valence-corrected chi connectivity index (χ1v) is 7.68. The van der Waals surface area contributed by atoms with E-state index in [1.54, 1.807) is 0 Å². The average Bonchev–Trinajstić information content (AvgIpc) is 2.46. The predicted octanol–water partition coefficient (Wildman–Crippen LogP) is 3.86. The van der Waals surface area contributed by atoms with Crippen molar-refractivity contribution in [2.24, 2.45) is 5.92 Å². The number of carbonyl (C=O) groups is 2. The Labute approximate surface area is 126 Å². The zero-order valence-corrected chi connectivity index (χ0v) is 12.9. The quantitative estimate of drug-likeness (QED) is 0.726. The summed E-state index contributed by atoms with van der Waals surface area (Å²) < 4.78 is 0. The summed E-state index contributed by atoms with van der Waals surface area (Å²) in [5.41, 5.74) is 1.68. The van der Waals surface area contributed by atoms with Crippen LogP contribution in [0.15, 0.2) is 24.3 Å². The lowest BCUT2D eigenvalue weighted by Crippen LogP contribution is -2.22. The molecule has 1 atom stereocenters. The normalized spacial score (nSPS) is 11.9. The SMILES string of the molecule is CCCCC(CC)C(=O)Nc1cccc(CCC(=O)O)c1. The average molecular weight is 291 g/mol. The van der Waals surface area contributed by atoms with E-state index in [9.17, 15) is 9.59 Å². The van der Waals surface area contributed by atoms with Crippen LogP contribution in [0.1, 0.15) is 51.5 Å². The molecule has 0 aliphatic rings. The number of nitrogens with one attached hydrogen (secondary N) is 1. The van der Waals surface area contributed by atoms with Gasteiger partial charge in [-0.25, -0.2) is 0 Å². The van der Waals surface area contributed by atoms with E-state index in [1.165, 1.54) is 0 Å². The number of anilines is 1. The minimum atomic E-state index is -0.810. The van der Waals surface area contributed by atoms with Crippen LogP contribution in [-0.2, 0) is 16.0 Å². The molecule has 2 N–H and O–H groups in total. The molecular formula is C17H25NO3. The van der Waals surface area contributed by atoms with Gasteiger partial charge >= 0.3 is 5.97 Å². The first-order chi connectivity index (χ1) is 10.1. The molecular weight excluding hydrogens is 266 g/mol. The van der Waals surface area contributed by atoms with E-state index in [0.717, 1.165) is 36.9 Å². The smallest absolute Gasteiger partial charge is 0.303 e. The Morgan fingerprint density at radius 3 is 2.67 bits per heavy atom. The van der Waals surface area contributed by atoms with Crippen molar-refractivity contribution in [3.63, 3.8) is 0 Å². The number of carboxylic acids is 1. The predicted molar refractivity (Wildman–Crippen MR) is 84.3 cm³/mol. The number of rotatable bonds is 9. The molecule has 0 radical (unpaired) electrons. The van der Waals surface area contributed by atoms with Crippen molar-refractivity contribution in [2.45, 2.75) is 52.4 Å². The second-order valence-electron chi connectivity index (χ2n) is 5.33. The van der Waals surface area contributed by atoms with Gasteiger partial charge in [0.1, 0.15) is 0 Å². The molecule has 1 amide bonds. The topological polar surface area (TPSA) is 66.4 Å². The lowest BCUT2D eigenvalue weighted by atomic mass is 9.98. The van der Waals surface area contributed by atoms with Gasteiger partial charge in [-0.15, -0.1) is 0 Å². The van der Waals surface area contributed by atoms with Crippen molar-refractivity contribution in [2.75, 3.05) is 5.32 Å². The molecule has 0 aliphatic carbocycles. The Morgan fingerprint density at radius 1 is 1.29 bits per heavy atom. The van der Waals surface area contributed by atoms with E-state index >= 15 is 0 Å². The van der Waals surface area contributed by atoms with Crippen LogP contribution in [0.3, 0.4) is 0 Å². The van der Waals surface area contributed by atoms with E-state index in [4.69, 9.17) is 5.11 Å². The number of carbonyl (C=O) groups excluding carboxylic acids is 1. The summed E-state index contributed by atoms with van der Waals surface area (Å²) in [4.78, 5) is 22.8. The van der Waals surface area contributed by atoms with E-state index in [1.807, 2.05) is 31.2 Å². The highest BCUT2D eigenvalue weighted by molar-refractivity contribution is 5.92. The highest BCUT2D eigenvalue weighted by atomic mass is 16.4. The second kappa shape index (κ2) is 9.16. The molecule has 4 heteroatoms. The molecule has 116 valence electrons. The first kappa shape index (κ1) is 17.2. The number of hydrogen-bond donors (Lipinski definition) is 2. The van der Waals surface area contributed by atoms with Crippen molar-refractivity contribution in [3.05, 3.63) is 29.8 Å². The Kier molecular flexibility index (Phi) is 7.51. The number of aryl methyl sites for hydroxylation is 1. The molecule has 1 rings (SSSR count). The maximum atomic E-state index is 12.2. The van der Waals surface area contributed by atoms with Crippen molar-refractivity contribution in [1.82, 2.24) is 0 Å². The Morgan fingerprint density at radius 2 is 2.05 bits per heavy atom. The van der Waals surface area contributed by atoms with E-state index in [2.05, 4.69) is 12.2 Å². The van der Waals surface area contributed by atoms with Crippen molar-refractivity contribution >= 4 is 17.6 Å². The number of aliphatic carboxylic acids is 1. The Bertz CT molecular complexity index is 471. The van der Waals surface area contributed by atoms with Gasteiger partial charge in [0.2, 0.25) is 5.91 Å². The van der Waals surface area contributed by atoms with Gasteiger partial charge in [0.05, 0.1) is 0 Å². The van der Waals surface area contributed by atoms with Crippen LogP contribution < -0.4 is 5.32 Å². The maximum Gasteiger partial charge on any atom is 0.303 e. The van der Waals surface area contributed by atoms with Crippen molar-refractivity contribution in [3.8, 4) is 0 Å². The van der Waals surface area contributed by atoms with E-state index in [0.29, 0.717) is 6.42 Å². The summed E-state index contributed by atoms with van der Waals surface area (Å²) in [7, 11) is 0. The zero-order chi connectivity index (χ0) is 15.7. The molecule has 0 bridgehead atoms. The van der Waals surface area contributed by atoms with Crippen molar-refractivity contribution in [1.29, 1.82) is 0 Å². The molecule has 0 fully saturated rings. The van der Waals surface area contributed by atoms with E-state index < -0.39 is 5.97 Å². The largest absolute Gasteiger partial charge is 0.481 e. The van der Waals surface area contributed by atoms with Crippen LogP contribution in [0.2, 0.25) is 0 Å². The summed E-state index contributed by atoms with van der Waals surface area (Å²) in [6, 6.07) is 7.43. The number of unbranched alkanes of at least 4 members (excludes halogenated alkanes) is 1. The van der Waals surface area contributed by atoms with Crippen LogP contribution in [0.4, 0.5) is 5.69 Å². The fraction of sp³-hybridized carbons (Fsp3) is 0.529. The Hall–Kier alpha value is -1.84. The molecule has 1 aromatic carbocycles. The molecule has 1 aromatic rings. The minimum absolute atomic E-state index is 0.0487. The molecule has 0 saturated heterocycles. The van der Waals surface area contributed by atoms with Gasteiger partial charge in [0, 0.05) is 18.0 Å². The molecule has 0 heterocycles. The lowest BCUT2D eigenvalue weighted by molar-refractivity contribution is -0.137. The van der Waals surface area contributed by atoms with Gasteiger partial charge in [-0.05, 0) is 37.0 Å². The summed E-state index contributed by atoms with van der Waals surface area (Å²) in [6.07, 6.45) is 4.48. The number of benzene rings is 1. The maximum absolute atomic E-state index is 12.2. The third-order valence-corrected chi connectivity index (χ3v) is 3.59. The second-order valence-corrected chi connectivity index (χ2v) is 5.33. The number of amides is 1. The molecule has 21 heavy (non-hydrogen) atoms. The van der Waals surface area contributed by atoms with Gasteiger partial charge in [-0.3, -0.25) is 9.59 Å². The van der Waals surface area contributed by atoms with Gasteiger partial charge in [-0.2, -0.15) is 0 Å². The fourth-order valence-electron chi connectivity index (χ4n) is 2.27. The molecule has 0 spiro atoms.